The molecular formula is C13H10N2O. The number of rotatable bonds is 2. The van der Waals surface area contributed by atoms with E-state index in [1.165, 1.54) is 6.20 Å². The minimum Gasteiger partial charge on any atom is -0.439 e. The number of para-hydroxylation sites is 1. The summed E-state index contributed by atoms with van der Waals surface area (Å²) in [7, 11) is 0. The molecule has 0 atom stereocenters. The predicted molar refractivity (Wildman–Crippen MR) is 60.2 cm³/mol. The molecule has 0 aliphatic carbocycles. The Morgan fingerprint density at radius 2 is 2.00 bits per heavy atom. The number of aryl methyl sites for hydroxylation is 1. The molecule has 0 fully saturated rings. The van der Waals surface area contributed by atoms with Gasteiger partial charge >= 0.3 is 0 Å². The molecule has 0 saturated heterocycles. The Hall–Kier alpha value is -2.34. The Morgan fingerprint density at radius 3 is 2.62 bits per heavy atom. The third kappa shape index (κ3) is 2.18. The van der Waals surface area contributed by atoms with Gasteiger partial charge in [0.05, 0.1) is 5.56 Å². The lowest BCUT2D eigenvalue weighted by Crippen LogP contribution is -1.90. The SMILES string of the molecule is Cc1cc(Oc2ccccc2)ncc1C#N. The van der Waals surface area contributed by atoms with Crippen molar-refractivity contribution in [3.8, 4) is 17.7 Å². The molecule has 0 spiro atoms. The fourth-order valence-corrected chi connectivity index (χ4v) is 1.31. The minimum atomic E-state index is 0.502. The zero-order chi connectivity index (χ0) is 11.4. The first kappa shape index (κ1) is 10.2. The fourth-order valence-electron chi connectivity index (χ4n) is 1.31. The maximum absolute atomic E-state index is 8.77. The minimum absolute atomic E-state index is 0.502. The molecule has 3 heteroatoms. The van der Waals surface area contributed by atoms with E-state index in [1.807, 2.05) is 37.3 Å². The molecule has 2 aromatic rings. The summed E-state index contributed by atoms with van der Waals surface area (Å²) >= 11 is 0. The van der Waals surface area contributed by atoms with Crippen LogP contribution >= 0.6 is 0 Å². The summed E-state index contributed by atoms with van der Waals surface area (Å²) in [5, 5.41) is 8.77. The highest BCUT2D eigenvalue weighted by Crippen LogP contribution is 2.20. The first-order valence-corrected chi connectivity index (χ1v) is 4.89. The van der Waals surface area contributed by atoms with Gasteiger partial charge in [-0.2, -0.15) is 5.26 Å². The van der Waals surface area contributed by atoms with Crippen LogP contribution in [0.15, 0.2) is 42.6 Å². The Labute approximate surface area is 93.9 Å². The summed E-state index contributed by atoms with van der Waals surface area (Å²) in [5.74, 6) is 1.24. The lowest BCUT2D eigenvalue weighted by atomic mass is 10.2. The number of aromatic nitrogens is 1. The van der Waals surface area contributed by atoms with Gasteiger partial charge in [-0.05, 0) is 24.6 Å². The van der Waals surface area contributed by atoms with Crippen LogP contribution in [-0.4, -0.2) is 4.98 Å². The molecule has 0 amide bonds. The van der Waals surface area contributed by atoms with Crippen LogP contribution in [0.25, 0.3) is 0 Å². The Bertz CT molecular complexity index is 529. The average Bonchev–Trinajstić information content (AvgIpc) is 2.31. The number of ether oxygens (including phenoxy) is 1. The van der Waals surface area contributed by atoms with Gasteiger partial charge in [-0.25, -0.2) is 4.98 Å². The second-order valence-corrected chi connectivity index (χ2v) is 3.36. The average molecular weight is 210 g/mol. The molecule has 0 aliphatic rings. The van der Waals surface area contributed by atoms with Gasteiger partial charge in [0.2, 0.25) is 5.88 Å². The molecule has 0 radical (unpaired) electrons. The molecular weight excluding hydrogens is 200 g/mol. The molecule has 1 aromatic carbocycles. The van der Waals surface area contributed by atoms with Gasteiger partial charge < -0.3 is 4.74 Å². The van der Waals surface area contributed by atoms with Crippen molar-refractivity contribution in [2.24, 2.45) is 0 Å². The summed E-state index contributed by atoms with van der Waals surface area (Å²) in [5.41, 5.74) is 1.43. The van der Waals surface area contributed by atoms with E-state index in [2.05, 4.69) is 11.1 Å². The predicted octanol–water partition coefficient (Wildman–Crippen LogP) is 3.05. The van der Waals surface area contributed by atoms with Gasteiger partial charge in [-0.3, -0.25) is 0 Å². The smallest absolute Gasteiger partial charge is 0.219 e. The highest BCUT2D eigenvalue weighted by molar-refractivity contribution is 5.38. The third-order valence-electron chi connectivity index (χ3n) is 2.17. The standard InChI is InChI=1S/C13H10N2O/c1-10-7-13(15-9-11(10)8-14)16-12-5-3-2-4-6-12/h2-7,9H,1H3. The quantitative estimate of drug-likeness (QED) is 0.765. The summed E-state index contributed by atoms with van der Waals surface area (Å²) in [4.78, 5) is 4.06. The van der Waals surface area contributed by atoms with Crippen molar-refractivity contribution in [3.05, 3.63) is 53.7 Å². The van der Waals surface area contributed by atoms with E-state index in [0.29, 0.717) is 11.4 Å². The van der Waals surface area contributed by atoms with Gasteiger partial charge in [0, 0.05) is 12.3 Å². The third-order valence-corrected chi connectivity index (χ3v) is 2.17. The number of pyridine rings is 1. The number of hydrogen-bond donors (Lipinski definition) is 0. The molecule has 2 rings (SSSR count). The number of nitriles is 1. The molecule has 3 nitrogen and oxygen atoms in total. The lowest BCUT2D eigenvalue weighted by molar-refractivity contribution is 0.462. The van der Waals surface area contributed by atoms with Crippen LogP contribution in [0.3, 0.4) is 0 Å². The summed E-state index contributed by atoms with van der Waals surface area (Å²) in [6.07, 6.45) is 1.52. The molecule has 1 aromatic heterocycles. The first-order chi connectivity index (χ1) is 7.79. The van der Waals surface area contributed by atoms with Gasteiger partial charge in [-0.15, -0.1) is 0 Å². The summed E-state index contributed by atoms with van der Waals surface area (Å²) in [6.45, 7) is 1.86. The van der Waals surface area contributed by atoms with Gasteiger partial charge in [0.25, 0.3) is 0 Å². The van der Waals surface area contributed by atoms with Crippen molar-refractivity contribution in [1.82, 2.24) is 4.98 Å². The Kier molecular flexibility index (Phi) is 2.84. The molecule has 0 aliphatic heterocycles. The molecule has 78 valence electrons. The first-order valence-electron chi connectivity index (χ1n) is 4.89. The highest BCUT2D eigenvalue weighted by atomic mass is 16.5. The number of nitrogens with zero attached hydrogens (tertiary/aromatic N) is 2. The number of hydrogen-bond acceptors (Lipinski definition) is 3. The molecule has 0 N–H and O–H groups in total. The van der Waals surface area contributed by atoms with Gasteiger partial charge in [-0.1, -0.05) is 18.2 Å². The second-order valence-electron chi connectivity index (χ2n) is 3.36. The van der Waals surface area contributed by atoms with Crippen LogP contribution in [-0.2, 0) is 0 Å². The molecule has 0 bridgehead atoms. The van der Waals surface area contributed by atoms with E-state index in [-0.39, 0.29) is 0 Å². The van der Waals surface area contributed by atoms with Crippen LogP contribution in [0.1, 0.15) is 11.1 Å². The van der Waals surface area contributed by atoms with Crippen molar-refractivity contribution in [2.45, 2.75) is 6.92 Å². The van der Waals surface area contributed by atoms with Gasteiger partial charge in [0.1, 0.15) is 11.8 Å². The highest BCUT2D eigenvalue weighted by Gasteiger charge is 2.02. The van der Waals surface area contributed by atoms with Crippen molar-refractivity contribution in [2.75, 3.05) is 0 Å². The summed E-state index contributed by atoms with van der Waals surface area (Å²) in [6, 6.07) is 13.2. The van der Waals surface area contributed by atoms with Gasteiger partial charge in [0.15, 0.2) is 0 Å². The second kappa shape index (κ2) is 4.45. The topological polar surface area (TPSA) is 45.9 Å². The van der Waals surface area contributed by atoms with Crippen LogP contribution in [0.4, 0.5) is 0 Å². The van der Waals surface area contributed by atoms with E-state index < -0.39 is 0 Å². The summed E-state index contributed by atoms with van der Waals surface area (Å²) < 4.78 is 5.54. The largest absolute Gasteiger partial charge is 0.439 e. The lowest BCUT2D eigenvalue weighted by Gasteiger charge is -2.05. The zero-order valence-electron chi connectivity index (χ0n) is 8.84. The maximum atomic E-state index is 8.77. The van der Waals surface area contributed by atoms with E-state index in [1.54, 1.807) is 6.07 Å². The van der Waals surface area contributed by atoms with Crippen molar-refractivity contribution in [1.29, 1.82) is 5.26 Å². The molecule has 16 heavy (non-hydrogen) atoms. The molecule has 1 heterocycles. The molecule has 0 saturated carbocycles. The Morgan fingerprint density at radius 1 is 1.25 bits per heavy atom. The number of benzene rings is 1. The van der Waals surface area contributed by atoms with E-state index in [9.17, 15) is 0 Å². The van der Waals surface area contributed by atoms with E-state index in [4.69, 9.17) is 10.00 Å². The van der Waals surface area contributed by atoms with E-state index in [0.717, 1.165) is 11.3 Å². The van der Waals surface area contributed by atoms with Crippen LogP contribution in [0, 0.1) is 18.3 Å². The Balaban J connectivity index is 2.24. The van der Waals surface area contributed by atoms with Crippen LogP contribution in [0.5, 0.6) is 11.6 Å². The van der Waals surface area contributed by atoms with Crippen molar-refractivity contribution < 1.29 is 4.74 Å². The van der Waals surface area contributed by atoms with Crippen molar-refractivity contribution in [3.63, 3.8) is 0 Å². The molecule has 0 unspecified atom stereocenters. The zero-order valence-corrected chi connectivity index (χ0v) is 8.84. The van der Waals surface area contributed by atoms with Crippen LogP contribution in [0.2, 0.25) is 0 Å². The van der Waals surface area contributed by atoms with Crippen LogP contribution < -0.4 is 4.74 Å². The normalized spacial score (nSPS) is 9.50. The van der Waals surface area contributed by atoms with E-state index >= 15 is 0 Å². The monoisotopic (exact) mass is 210 g/mol. The van der Waals surface area contributed by atoms with Crippen molar-refractivity contribution >= 4 is 0 Å². The maximum Gasteiger partial charge on any atom is 0.219 e. The fraction of sp³-hybridized carbons (Fsp3) is 0.0769.